The summed E-state index contributed by atoms with van der Waals surface area (Å²) in [6, 6.07) is 4.63. The van der Waals surface area contributed by atoms with Gasteiger partial charge in [-0.2, -0.15) is 11.8 Å². The standard InChI is InChI=1S/C12H18N2O2S/c1-8(5-6-17-2)14-12(16)9-3-4-10(13)11(15)7-9/h3-4,7-8,15H,5-6,13H2,1-2H3,(H,14,16). The molecule has 0 bridgehead atoms. The first-order chi connectivity index (χ1) is 8.04. The van der Waals surface area contributed by atoms with Crippen LogP contribution in [0.25, 0.3) is 0 Å². The molecule has 17 heavy (non-hydrogen) atoms. The van der Waals surface area contributed by atoms with Gasteiger partial charge >= 0.3 is 0 Å². The summed E-state index contributed by atoms with van der Waals surface area (Å²) in [5.41, 5.74) is 6.17. The van der Waals surface area contributed by atoms with Crippen LogP contribution >= 0.6 is 11.8 Å². The summed E-state index contributed by atoms with van der Waals surface area (Å²) < 4.78 is 0. The molecule has 1 aromatic carbocycles. The highest BCUT2D eigenvalue weighted by Gasteiger charge is 2.10. The van der Waals surface area contributed by atoms with Gasteiger partial charge in [-0.3, -0.25) is 4.79 Å². The highest BCUT2D eigenvalue weighted by atomic mass is 32.2. The van der Waals surface area contributed by atoms with E-state index in [0.29, 0.717) is 5.56 Å². The molecule has 0 heterocycles. The van der Waals surface area contributed by atoms with Gasteiger partial charge in [-0.15, -0.1) is 0 Å². The summed E-state index contributed by atoms with van der Waals surface area (Å²) in [5, 5.41) is 12.3. The molecule has 0 aliphatic heterocycles. The van der Waals surface area contributed by atoms with Crippen molar-refractivity contribution in [2.24, 2.45) is 0 Å². The molecule has 0 saturated carbocycles. The number of benzene rings is 1. The van der Waals surface area contributed by atoms with E-state index in [-0.39, 0.29) is 23.4 Å². The van der Waals surface area contributed by atoms with Crippen LogP contribution in [0.3, 0.4) is 0 Å². The lowest BCUT2D eigenvalue weighted by Gasteiger charge is -2.13. The number of carbonyl (C=O) groups is 1. The van der Waals surface area contributed by atoms with Crippen molar-refractivity contribution >= 4 is 23.4 Å². The summed E-state index contributed by atoms with van der Waals surface area (Å²) in [6.07, 6.45) is 2.96. The number of hydrogen-bond donors (Lipinski definition) is 3. The molecule has 1 amide bonds. The molecule has 0 fully saturated rings. The third kappa shape index (κ3) is 4.19. The zero-order valence-electron chi connectivity index (χ0n) is 10.1. The summed E-state index contributed by atoms with van der Waals surface area (Å²) in [7, 11) is 0. The minimum Gasteiger partial charge on any atom is -0.506 e. The summed E-state index contributed by atoms with van der Waals surface area (Å²) in [4.78, 5) is 11.8. The van der Waals surface area contributed by atoms with Gasteiger partial charge in [0.25, 0.3) is 5.91 Å². The quantitative estimate of drug-likeness (QED) is 0.553. The maximum absolute atomic E-state index is 11.8. The van der Waals surface area contributed by atoms with Gasteiger partial charge in [0.15, 0.2) is 0 Å². The second-order valence-electron chi connectivity index (χ2n) is 3.93. The predicted octanol–water partition coefficient (Wildman–Crippen LogP) is 1.85. The molecule has 1 atom stereocenters. The average molecular weight is 254 g/mol. The van der Waals surface area contributed by atoms with Crippen LogP contribution in [0, 0.1) is 0 Å². The van der Waals surface area contributed by atoms with Gasteiger partial charge in [-0.1, -0.05) is 0 Å². The van der Waals surface area contributed by atoms with Crippen LogP contribution in [0.1, 0.15) is 23.7 Å². The Morgan fingerprint density at radius 2 is 2.29 bits per heavy atom. The lowest BCUT2D eigenvalue weighted by molar-refractivity contribution is 0.0939. The van der Waals surface area contributed by atoms with E-state index in [2.05, 4.69) is 5.32 Å². The topological polar surface area (TPSA) is 75.4 Å². The minimum atomic E-state index is -0.186. The number of hydrogen-bond acceptors (Lipinski definition) is 4. The molecule has 1 rings (SSSR count). The van der Waals surface area contributed by atoms with Crippen molar-refractivity contribution < 1.29 is 9.90 Å². The monoisotopic (exact) mass is 254 g/mol. The second kappa shape index (κ2) is 6.39. The molecule has 0 spiro atoms. The second-order valence-corrected chi connectivity index (χ2v) is 4.92. The number of nitrogen functional groups attached to an aromatic ring is 1. The third-order valence-corrected chi connectivity index (χ3v) is 3.07. The lowest BCUT2D eigenvalue weighted by Crippen LogP contribution is -2.32. The number of amides is 1. The third-order valence-electron chi connectivity index (χ3n) is 2.43. The molecule has 0 aliphatic carbocycles. The molecular weight excluding hydrogens is 236 g/mol. The summed E-state index contributed by atoms with van der Waals surface area (Å²) >= 11 is 1.75. The van der Waals surface area contributed by atoms with Crippen molar-refractivity contribution in [1.29, 1.82) is 0 Å². The van der Waals surface area contributed by atoms with Crippen LogP contribution in [0.2, 0.25) is 0 Å². The highest BCUT2D eigenvalue weighted by molar-refractivity contribution is 7.98. The number of phenolic OH excluding ortho intramolecular Hbond substituents is 1. The first kappa shape index (κ1) is 13.7. The summed E-state index contributed by atoms with van der Waals surface area (Å²) in [6.45, 7) is 1.96. The Kier molecular flexibility index (Phi) is 5.15. The van der Waals surface area contributed by atoms with Crippen molar-refractivity contribution in [2.45, 2.75) is 19.4 Å². The molecule has 0 radical (unpaired) electrons. The maximum Gasteiger partial charge on any atom is 0.251 e. The normalized spacial score (nSPS) is 12.1. The number of anilines is 1. The molecule has 0 aliphatic rings. The van der Waals surface area contributed by atoms with Gasteiger partial charge in [0, 0.05) is 11.6 Å². The molecular formula is C12H18N2O2S. The number of nitrogens with two attached hydrogens (primary N) is 1. The van der Waals surface area contributed by atoms with E-state index in [1.165, 1.54) is 12.1 Å². The first-order valence-electron chi connectivity index (χ1n) is 5.43. The van der Waals surface area contributed by atoms with E-state index in [4.69, 9.17) is 5.73 Å². The van der Waals surface area contributed by atoms with Gasteiger partial charge in [0.2, 0.25) is 0 Å². The van der Waals surface area contributed by atoms with Crippen LogP contribution in [-0.2, 0) is 0 Å². The number of carbonyl (C=O) groups excluding carboxylic acids is 1. The first-order valence-corrected chi connectivity index (χ1v) is 6.82. The number of aromatic hydroxyl groups is 1. The Morgan fingerprint density at radius 3 is 2.88 bits per heavy atom. The molecule has 0 saturated heterocycles. The Bertz CT molecular complexity index is 396. The summed E-state index contributed by atoms with van der Waals surface area (Å²) in [5.74, 6) is 0.761. The predicted molar refractivity (Wildman–Crippen MR) is 72.4 cm³/mol. The van der Waals surface area contributed by atoms with Gasteiger partial charge in [-0.25, -0.2) is 0 Å². The van der Waals surface area contributed by atoms with E-state index >= 15 is 0 Å². The van der Waals surface area contributed by atoms with Crippen molar-refractivity contribution in [3.63, 3.8) is 0 Å². The largest absolute Gasteiger partial charge is 0.506 e. The molecule has 4 nitrogen and oxygen atoms in total. The zero-order valence-corrected chi connectivity index (χ0v) is 10.9. The van der Waals surface area contributed by atoms with Crippen LogP contribution in [0.5, 0.6) is 5.75 Å². The van der Waals surface area contributed by atoms with E-state index in [9.17, 15) is 9.90 Å². The molecule has 1 unspecified atom stereocenters. The van der Waals surface area contributed by atoms with Crippen LogP contribution in [0.15, 0.2) is 18.2 Å². The van der Waals surface area contributed by atoms with Gasteiger partial charge in [0.05, 0.1) is 5.69 Å². The van der Waals surface area contributed by atoms with E-state index in [0.717, 1.165) is 12.2 Å². The smallest absolute Gasteiger partial charge is 0.251 e. The molecule has 4 N–H and O–H groups in total. The zero-order chi connectivity index (χ0) is 12.8. The van der Waals surface area contributed by atoms with E-state index in [1.54, 1.807) is 17.8 Å². The fourth-order valence-electron chi connectivity index (χ4n) is 1.36. The molecule has 0 aromatic heterocycles. The van der Waals surface area contributed by atoms with Crippen LogP contribution < -0.4 is 11.1 Å². The molecule has 94 valence electrons. The van der Waals surface area contributed by atoms with Gasteiger partial charge < -0.3 is 16.2 Å². The van der Waals surface area contributed by atoms with Crippen molar-refractivity contribution in [1.82, 2.24) is 5.32 Å². The molecule has 5 heteroatoms. The Morgan fingerprint density at radius 1 is 1.59 bits per heavy atom. The lowest BCUT2D eigenvalue weighted by atomic mass is 10.1. The van der Waals surface area contributed by atoms with Crippen LogP contribution in [0.4, 0.5) is 5.69 Å². The molecule has 1 aromatic rings. The fraction of sp³-hybridized carbons (Fsp3) is 0.417. The van der Waals surface area contributed by atoms with Crippen molar-refractivity contribution in [3.05, 3.63) is 23.8 Å². The Labute approximate surface area is 106 Å². The maximum atomic E-state index is 11.8. The van der Waals surface area contributed by atoms with Gasteiger partial charge in [-0.05, 0) is 43.6 Å². The van der Waals surface area contributed by atoms with E-state index in [1.807, 2.05) is 13.2 Å². The highest BCUT2D eigenvalue weighted by Crippen LogP contribution is 2.20. The Balaban J connectivity index is 2.60. The number of thioether (sulfide) groups is 1. The number of rotatable bonds is 5. The number of phenols is 1. The van der Waals surface area contributed by atoms with Crippen LogP contribution in [-0.4, -0.2) is 29.1 Å². The van der Waals surface area contributed by atoms with E-state index < -0.39 is 0 Å². The van der Waals surface area contributed by atoms with Crippen molar-refractivity contribution in [2.75, 3.05) is 17.7 Å². The Hall–Kier alpha value is -1.36. The SMILES string of the molecule is CSCCC(C)NC(=O)c1ccc(N)c(O)c1. The fourth-order valence-corrected chi connectivity index (χ4v) is 1.95. The van der Waals surface area contributed by atoms with Gasteiger partial charge in [0.1, 0.15) is 5.75 Å². The van der Waals surface area contributed by atoms with Crippen molar-refractivity contribution in [3.8, 4) is 5.75 Å². The minimum absolute atomic E-state index is 0.0607. The number of nitrogens with one attached hydrogen (secondary N) is 1. The average Bonchev–Trinajstić information content (AvgIpc) is 2.30.